The highest BCUT2D eigenvalue weighted by Crippen LogP contribution is 2.32. The Hall–Kier alpha value is -3.07. The van der Waals surface area contributed by atoms with Crippen LogP contribution in [0, 0.1) is 11.3 Å². The SMILES string of the molecule is CC(OCCCNC(=O)c1ccccc1Sc1ccccc1C#N)c1ccccc1. The van der Waals surface area contributed by atoms with Crippen molar-refractivity contribution in [1.29, 1.82) is 5.26 Å². The lowest BCUT2D eigenvalue weighted by molar-refractivity contribution is 0.0634. The molecule has 0 saturated heterocycles. The first-order chi connectivity index (χ1) is 14.7. The molecule has 1 unspecified atom stereocenters. The Morgan fingerprint density at radius 2 is 1.67 bits per heavy atom. The summed E-state index contributed by atoms with van der Waals surface area (Å²) in [6.07, 6.45) is 0.759. The number of carbonyl (C=O) groups is 1. The van der Waals surface area contributed by atoms with Crippen molar-refractivity contribution in [2.24, 2.45) is 0 Å². The number of ether oxygens (including phenoxy) is 1. The summed E-state index contributed by atoms with van der Waals surface area (Å²) >= 11 is 1.43. The third-order valence-corrected chi connectivity index (χ3v) is 5.75. The highest BCUT2D eigenvalue weighted by molar-refractivity contribution is 7.99. The van der Waals surface area contributed by atoms with E-state index in [1.165, 1.54) is 11.8 Å². The van der Waals surface area contributed by atoms with Crippen molar-refractivity contribution < 1.29 is 9.53 Å². The van der Waals surface area contributed by atoms with Gasteiger partial charge in [0.25, 0.3) is 5.91 Å². The minimum Gasteiger partial charge on any atom is -0.374 e. The number of nitrogens with zero attached hydrogens (tertiary/aromatic N) is 1. The molecule has 5 heteroatoms. The lowest BCUT2D eigenvalue weighted by Gasteiger charge is -2.14. The molecule has 152 valence electrons. The van der Waals surface area contributed by atoms with Gasteiger partial charge in [-0.2, -0.15) is 5.26 Å². The molecule has 0 aromatic heterocycles. The van der Waals surface area contributed by atoms with Crippen LogP contribution in [0.1, 0.15) is 40.9 Å². The molecule has 1 N–H and O–H groups in total. The van der Waals surface area contributed by atoms with E-state index in [-0.39, 0.29) is 12.0 Å². The summed E-state index contributed by atoms with van der Waals surface area (Å²) in [6.45, 7) is 3.14. The third-order valence-electron chi connectivity index (χ3n) is 4.60. The lowest BCUT2D eigenvalue weighted by Crippen LogP contribution is -2.25. The van der Waals surface area contributed by atoms with Crippen LogP contribution < -0.4 is 5.32 Å². The molecule has 4 nitrogen and oxygen atoms in total. The first-order valence-electron chi connectivity index (χ1n) is 9.90. The van der Waals surface area contributed by atoms with Gasteiger partial charge in [0.05, 0.1) is 17.2 Å². The van der Waals surface area contributed by atoms with Crippen LogP contribution in [0.5, 0.6) is 0 Å². The fourth-order valence-corrected chi connectivity index (χ4v) is 3.98. The third kappa shape index (κ3) is 5.96. The maximum Gasteiger partial charge on any atom is 0.252 e. The van der Waals surface area contributed by atoms with Gasteiger partial charge in [0.15, 0.2) is 0 Å². The zero-order chi connectivity index (χ0) is 21.2. The molecule has 0 radical (unpaired) electrons. The Morgan fingerprint density at radius 3 is 2.43 bits per heavy atom. The van der Waals surface area contributed by atoms with Crippen LogP contribution in [0.3, 0.4) is 0 Å². The number of rotatable bonds is 9. The van der Waals surface area contributed by atoms with Crippen molar-refractivity contribution >= 4 is 17.7 Å². The number of amides is 1. The number of benzene rings is 3. The summed E-state index contributed by atoms with van der Waals surface area (Å²) in [5, 5.41) is 12.3. The fourth-order valence-electron chi connectivity index (χ4n) is 2.96. The van der Waals surface area contributed by atoms with Gasteiger partial charge in [0.1, 0.15) is 6.07 Å². The van der Waals surface area contributed by atoms with Gasteiger partial charge in [-0.1, -0.05) is 66.4 Å². The van der Waals surface area contributed by atoms with Crippen LogP contribution in [0.25, 0.3) is 0 Å². The van der Waals surface area contributed by atoms with Gasteiger partial charge >= 0.3 is 0 Å². The van der Waals surface area contributed by atoms with Gasteiger partial charge in [-0.15, -0.1) is 0 Å². The van der Waals surface area contributed by atoms with E-state index in [9.17, 15) is 10.1 Å². The zero-order valence-electron chi connectivity index (χ0n) is 16.9. The van der Waals surface area contributed by atoms with Gasteiger partial charge in [0, 0.05) is 22.9 Å². The van der Waals surface area contributed by atoms with Crippen LogP contribution >= 0.6 is 11.8 Å². The number of carbonyl (C=O) groups excluding carboxylic acids is 1. The first kappa shape index (κ1) is 21.6. The van der Waals surface area contributed by atoms with E-state index in [0.717, 1.165) is 21.8 Å². The molecule has 30 heavy (non-hydrogen) atoms. The van der Waals surface area contributed by atoms with Crippen molar-refractivity contribution in [3.8, 4) is 6.07 Å². The first-order valence-corrected chi connectivity index (χ1v) is 10.7. The molecule has 0 aliphatic rings. The zero-order valence-corrected chi connectivity index (χ0v) is 17.7. The Morgan fingerprint density at radius 1 is 1.00 bits per heavy atom. The van der Waals surface area contributed by atoms with Crippen LogP contribution in [0.2, 0.25) is 0 Å². The number of hydrogen-bond acceptors (Lipinski definition) is 4. The Balaban J connectivity index is 1.52. The fraction of sp³-hybridized carbons (Fsp3) is 0.200. The smallest absolute Gasteiger partial charge is 0.252 e. The summed E-state index contributed by atoms with van der Waals surface area (Å²) in [5.41, 5.74) is 2.35. The Labute approximate surface area is 181 Å². The van der Waals surface area contributed by atoms with Crippen LogP contribution in [0.15, 0.2) is 88.7 Å². The van der Waals surface area contributed by atoms with Gasteiger partial charge in [-0.25, -0.2) is 0 Å². The highest BCUT2D eigenvalue weighted by Gasteiger charge is 2.13. The van der Waals surface area contributed by atoms with Gasteiger partial charge in [0.2, 0.25) is 0 Å². The summed E-state index contributed by atoms with van der Waals surface area (Å²) in [7, 11) is 0. The molecule has 0 fully saturated rings. The maximum atomic E-state index is 12.7. The molecule has 3 aromatic rings. The van der Waals surface area contributed by atoms with Crippen LogP contribution in [-0.2, 0) is 4.74 Å². The highest BCUT2D eigenvalue weighted by atomic mass is 32.2. The molecule has 0 spiro atoms. The van der Waals surface area contributed by atoms with E-state index in [1.54, 1.807) is 12.1 Å². The van der Waals surface area contributed by atoms with E-state index < -0.39 is 0 Å². The van der Waals surface area contributed by atoms with Crippen molar-refractivity contribution in [1.82, 2.24) is 5.32 Å². The summed E-state index contributed by atoms with van der Waals surface area (Å²) in [5.74, 6) is -0.122. The maximum absolute atomic E-state index is 12.7. The van der Waals surface area contributed by atoms with Gasteiger partial charge in [-0.3, -0.25) is 4.79 Å². The average molecular weight is 417 g/mol. The molecule has 1 atom stereocenters. The summed E-state index contributed by atoms with van der Waals surface area (Å²) < 4.78 is 5.86. The number of nitrogens with one attached hydrogen (secondary N) is 1. The minimum absolute atomic E-state index is 0.0271. The number of hydrogen-bond donors (Lipinski definition) is 1. The predicted molar refractivity (Wildman–Crippen MR) is 119 cm³/mol. The molecule has 0 bridgehead atoms. The summed E-state index contributed by atoms with van der Waals surface area (Å²) in [6, 6.07) is 27.1. The predicted octanol–water partition coefficient (Wildman–Crippen LogP) is 5.61. The Kier molecular flexibility index (Phi) is 8.08. The van der Waals surface area contributed by atoms with E-state index in [1.807, 2.05) is 73.7 Å². The molecule has 0 saturated carbocycles. The summed E-state index contributed by atoms with van der Waals surface area (Å²) in [4.78, 5) is 14.4. The van der Waals surface area contributed by atoms with E-state index >= 15 is 0 Å². The second-order valence-electron chi connectivity index (χ2n) is 6.74. The van der Waals surface area contributed by atoms with E-state index in [4.69, 9.17) is 4.74 Å². The van der Waals surface area contributed by atoms with Crippen molar-refractivity contribution in [3.63, 3.8) is 0 Å². The Bertz CT molecular complexity index is 1010. The van der Waals surface area contributed by atoms with Crippen LogP contribution in [0.4, 0.5) is 0 Å². The van der Waals surface area contributed by atoms with E-state index in [0.29, 0.717) is 24.3 Å². The average Bonchev–Trinajstić information content (AvgIpc) is 2.80. The molecule has 0 heterocycles. The van der Waals surface area contributed by atoms with Crippen molar-refractivity contribution in [3.05, 3.63) is 95.6 Å². The van der Waals surface area contributed by atoms with Gasteiger partial charge in [-0.05, 0) is 43.2 Å². The quantitative estimate of drug-likeness (QED) is 0.461. The molecule has 1 amide bonds. The second-order valence-corrected chi connectivity index (χ2v) is 7.82. The lowest BCUT2D eigenvalue weighted by atomic mass is 10.1. The largest absolute Gasteiger partial charge is 0.374 e. The molecular formula is C25H24N2O2S. The normalized spacial score (nSPS) is 11.5. The molecule has 3 aromatic carbocycles. The van der Waals surface area contributed by atoms with Crippen LogP contribution in [-0.4, -0.2) is 19.1 Å². The topological polar surface area (TPSA) is 62.1 Å². The molecule has 3 rings (SSSR count). The van der Waals surface area contributed by atoms with Crippen molar-refractivity contribution in [2.75, 3.05) is 13.2 Å². The standard InChI is InChI=1S/C25H24N2O2S/c1-19(20-10-3-2-4-11-20)29-17-9-16-27-25(28)22-13-6-8-15-24(22)30-23-14-7-5-12-21(23)18-26/h2-8,10-15,19H,9,16-17H2,1H3,(H,27,28). The van der Waals surface area contributed by atoms with Crippen molar-refractivity contribution in [2.45, 2.75) is 29.2 Å². The second kappa shape index (κ2) is 11.2. The monoisotopic (exact) mass is 416 g/mol. The molecule has 0 aliphatic heterocycles. The molecule has 0 aliphatic carbocycles. The number of nitriles is 1. The van der Waals surface area contributed by atoms with E-state index in [2.05, 4.69) is 11.4 Å². The minimum atomic E-state index is -0.122. The molecular weight excluding hydrogens is 392 g/mol. The van der Waals surface area contributed by atoms with Gasteiger partial charge < -0.3 is 10.1 Å².